The molecular weight excluding hydrogens is 258 g/mol. The fourth-order valence-corrected chi connectivity index (χ4v) is 2.45. The van der Waals surface area contributed by atoms with Crippen LogP contribution in [0.1, 0.15) is 26.7 Å². The molecule has 0 saturated carbocycles. The molecule has 110 valence electrons. The lowest BCUT2D eigenvalue weighted by molar-refractivity contribution is -0.533. The predicted octanol–water partition coefficient (Wildman–Crippen LogP) is 0.0690. The Morgan fingerprint density at radius 1 is 1.25 bits per heavy atom. The number of hydrogen-bond donors (Lipinski definition) is 1. The molecule has 2 aliphatic heterocycles. The second-order valence-electron chi connectivity index (χ2n) is 5.00. The van der Waals surface area contributed by atoms with E-state index in [0.717, 1.165) is 24.3 Å². The molecule has 0 bridgehead atoms. The largest absolute Gasteiger partial charge is 0.390 e. The van der Waals surface area contributed by atoms with Crippen molar-refractivity contribution < 1.29 is 14.2 Å². The van der Waals surface area contributed by atoms with Gasteiger partial charge >= 0.3 is 12.0 Å². The van der Waals surface area contributed by atoms with Crippen molar-refractivity contribution in [3.05, 3.63) is 0 Å². The minimum absolute atomic E-state index is 0.221. The Kier molecular flexibility index (Phi) is 4.06. The second kappa shape index (κ2) is 5.60. The fraction of sp³-hybridized carbons (Fsp3) is 0.692. The van der Waals surface area contributed by atoms with Crippen LogP contribution in [0.3, 0.4) is 0 Å². The highest BCUT2D eigenvalue weighted by Crippen LogP contribution is 2.17. The number of rotatable bonds is 4. The number of carbonyl (C=O) groups is 2. The number of amides is 3. The Morgan fingerprint density at radius 2 is 1.95 bits per heavy atom. The molecule has 2 heterocycles. The van der Waals surface area contributed by atoms with Gasteiger partial charge in [0.05, 0.1) is 13.1 Å². The van der Waals surface area contributed by atoms with Gasteiger partial charge in [-0.1, -0.05) is 18.3 Å². The Balaban J connectivity index is 2.30. The lowest BCUT2D eigenvalue weighted by atomic mass is 10.1. The second-order valence-corrected chi connectivity index (χ2v) is 5.00. The number of imide groups is 1. The zero-order valence-electron chi connectivity index (χ0n) is 12.5. The molecular formula is C13H22N5O2+. The molecule has 2 rings (SSSR count). The molecule has 1 saturated heterocycles. The zero-order valence-corrected chi connectivity index (χ0v) is 12.5. The van der Waals surface area contributed by atoms with E-state index >= 15 is 0 Å². The lowest BCUT2D eigenvalue weighted by Gasteiger charge is -2.31. The maximum atomic E-state index is 12.3. The number of carbonyl (C=O) groups excluding carboxylic acids is 2. The Hall–Kier alpha value is -1.92. The summed E-state index contributed by atoms with van der Waals surface area (Å²) in [7, 11) is 3.16. The molecule has 7 nitrogen and oxygen atoms in total. The first-order chi connectivity index (χ1) is 9.52. The molecule has 0 spiro atoms. The summed E-state index contributed by atoms with van der Waals surface area (Å²) in [4.78, 5) is 31.3. The van der Waals surface area contributed by atoms with Gasteiger partial charge in [-0.3, -0.25) is 19.9 Å². The summed E-state index contributed by atoms with van der Waals surface area (Å²) in [6, 6.07) is -0.826. The SMILES string of the molecule is CCCCNC1=[N+](CC)C2C(=O)N(C)C(=O)N(C)C2=N1. The molecule has 1 N–H and O–H groups in total. The number of nitrogens with one attached hydrogen (secondary N) is 1. The molecule has 3 amide bonds. The number of fused-ring (bicyclic) bond motifs is 1. The van der Waals surface area contributed by atoms with Crippen LogP contribution in [-0.2, 0) is 4.79 Å². The summed E-state index contributed by atoms with van der Waals surface area (Å²) >= 11 is 0. The maximum Gasteiger partial charge on any atom is 0.390 e. The van der Waals surface area contributed by atoms with Gasteiger partial charge in [0.2, 0.25) is 11.9 Å². The topological polar surface area (TPSA) is 68.0 Å². The average molecular weight is 280 g/mol. The smallest absolute Gasteiger partial charge is 0.275 e. The van der Waals surface area contributed by atoms with Crippen LogP contribution in [0.2, 0.25) is 0 Å². The van der Waals surface area contributed by atoms with Crippen LogP contribution in [0.25, 0.3) is 0 Å². The zero-order chi connectivity index (χ0) is 14.9. The molecule has 0 aromatic rings. The summed E-state index contributed by atoms with van der Waals surface area (Å²) in [5.41, 5.74) is 0. The van der Waals surface area contributed by atoms with Crippen molar-refractivity contribution in [2.45, 2.75) is 32.7 Å². The van der Waals surface area contributed by atoms with E-state index in [0.29, 0.717) is 18.3 Å². The van der Waals surface area contributed by atoms with Crippen molar-refractivity contribution in [3.8, 4) is 0 Å². The summed E-state index contributed by atoms with van der Waals surface area (Å²) in [6.07, 6.45) is 2.13. The van der Waals surface area contributed by atoms with Crippen molar-refractivity contribution >= 4 is 23.7 Å². The van der Waals surface area contributed by atoms with Gasteiger partial charge < -0.3 is 0 Å². The van der Waals surface area contributed by atoms with Crippen molar-refractivity contribution in [2.24, 2.45) is 4.99 Å². The fourth-order valence-electron chi connectivity index (χ4n) is 2.45. The van der Waals surface area contributed by atoms with Crippen molar-refractivity contribution in [3.63, 3.8) is 0 Å². The summed E-state index contributed by atoms with van der Waals surface area (Å²) in [5.74, 6) is 0.976. The van der Waals surface area contributed by atoms with Crippen LogP contribution in [-0.4, -0.2) is 71.3 Å². The monoisotopic (exact) mass is 280 g/mol. The molecule has 0 aromatic carbocycles. The molecule has 20 heavy (non-hydrogen) atoms. The van der Waals surface area contributed by atoms with Gasteiger partial charge in [0, 0.05) is 14.1 Å². The van der Waals surface area contributed by atoms with E-state index in [1.807, 2.05) is 11.5 Å². The number of hydrogen-bond acceptors (Lipinski definition) is 4. The van der Waals surface area contributed by atoms with Crippen molar-refractivity contribution in [2.75, 3.05) is 27.2 Å². The normalized spacial score (nSPS) is 22.4. The molecule has 2 aliphatic rings. The third-order valence-corrected chi connectivity index (χ3v) is 3.68. The molecule has 0 radical (unpaired) electrons. The Labute approximate surface area is 119 Å². The van der Waals surface area contributed by atoms with Gasteiger partial charge in [-0.2, -0.15) is 0 Å². The van der Waals surface area contributed by atoms with Gasteiger partial charge in [0.15, 0.2) is 0 Å². The highest BCUT2D eigenvalue weighted by Gasteiger charge is 2.50. The number of aliphatic imine (C=N–C) groups is 1. The number of unbranched alkanes of at least 4 members (excludes halogenated alkanes) is 1. The highest BCUT2D eigenvalue weighted by molar-refractivity contribution is 6.22. The first-order valence-electron chi connectivity index (χ1n) is 7.04. The van der Waals surface area contributed by atoms with Gasteiger partial charge in [-0.25, -0.2) is 9.37 Å². The number of amidine groups is 1. The first kappa shape index (κ1) is 14.5. The van der Waals surface area contributed by atoms with Gasteiger partial charge in [-0.15, -0.1) is 0 Å². The molecule has 7 heteroatoms. The summed E-state index contributed by atoms with van der Waals surface area (Å²) < 4.78 is 1.91. The lowest BCUT2D eigenvalue weighted by Crippen LogP contribution is -2.61. The molecule has 1 fully saturated rings. The summed E-state index contributed by atoms with van der Waals surface area (Å²) in [5, 5.41) is 3.26. The molecule has 0 aromatic heterocycles. The number of nitrogens with zero attached hydrogens (tertiary/aromatic N) is 4. The molecule has 1 atom stereocenters. The van der Waals surface area contributed by atoms with E-state index in [1.165, 1.54) is 11.9 Å². The maximum absolute atomic E-state index is 12.3. The number of urea groups is 1. The molecule has 0 aliphatic carbocycles. The standard InChI is InChI=1S/C13H21N5O2/c1-5-7-8-14-12-15-10-9(18(12)6-2)11(19)17(4)13(20)16(10)3/h9H,5-8H2,1-4H3/p+1. The van der Waals surface area contributed by atoms with Gasteiger partial charge in [0.1, 0.15) is 0 Å². The Bertz CT molecular complexity index is 497. The quantitative estimate of drug-likeness (QED) is 0.585. The van der Waals surface area contributed by atoms with E-state index in [9.17, 15) is 9.59 Å². The third kappa shape index (κ3) is 2.17. The van der Waals surface area contributed by atoms with Crippen LogP contribution >= 0.6 is 0 Å². The van der Waals surface area contributed by atoms with Crippen LogP contribution in [0.15, 0.2) is 4.99 Å². The van der Waals surface area contributed by atoms with E-state index in [2.05, 4.69) is 17.2 Å². The third-order valence-electron chi connectivity index (χ3n) is 3.68. The number of likely N-dealkylation sites (N-methyl/N-ethyl adjacent to an activating group) is 3. The van der Waals surface area contributed by atoms with Crippen LogP contribution in [0, 0.1) is 0 Å². The van der Waals surface area contributed by atoms with Gasteiger partial charge in [-0.05, 0) is 13.3 Å². The minimum atomic E-state index is -0.489. The van der Waals surface area contributed by atoms with Crippen molar-refractivity contribution in [1.82, 2.24) is 15.1 Å². The van der Waals surface area contributed by atoms with E-state index < -0.39 is 6.04 Å². The predicted molar refractivity (Wildman–Crippen MR) is 75.9 cm³/mol. The summed E-state index contributed by atoms with van der Waals surface area (Å²) in [6.45, 7) is 5.57. The minimum Gasteiger partial charge on any atom is -0.275 e. The van der Waals surface area contributed by atoms with Crippen LogP contribution in [0.5, 0.6) is 0 Å². The first-order valence-corrected chi connectivity index (χ1v) is 7.04. The average Bonchev–Trinajstić information content (AvgIpc) is 2.82. The van der Waals surface area contributed by atoms with E-state index in [4.69, 9.17) is 0 Å². The molecule has 1 unspecified atom stereocenters. The van der Waals surface area contributed by atoms with Crippen molar-refractivity contribution in [1.29, 1.82) is 0 Å². The highest BCUT2D eigenvalue weighted by atomic mass is 16.2. The van der Waals surface area contributed by atoms with E-state index in [-0.39, 0.29) is 11.9 Å². The van der Waals surface area contributed by atoms with E-state index in [1.54, 1.807) is 7.05 Å². The van der Waals surface area contributed by atoms with Crippen LogP contribution < -0.4 is 5.32 Å². The van der Waals surface area contributed by atoms with Gasteiger partial charge in [0.25, 0.3) is 5.91 Å². The van der Waals surface area contributed by atoms with Crippen LogP contribution in [0.4, 0.5) is 4.79 Å². The number of guanidine groups is 1. The Morgan fingerprint density at radius 3 is 2.55 bits per heavy atom.